The molecule has 18 heavy (non-hydrogen) atoms. The van der Waals surface area contributed by atoms with Crippen molar-refractivity contribution < 1.29 is 0 Å². The first-order valence-electron chi connectivity index (χ1n) is 7.44. The Hall–Kier alpha value is -0.500. The van der Waals surface area contributed by atoms with Gasteiger partial charge in [-0.25, -0.2) is 0 Å². The summed E-state index contributed by atoms with van der Waals surface area (Å²) in [5.41, 5.74) is 1.20. The monoisotopic (exact) mass is 254 g/mol. The Morgan fingerprint density at radius 1 is 1.11 bits per heavy atom. The predicted molar refractivity (Wildman–Crippen MR) is 82.8 cm³/mol. The molecule has 1 atom stereocenters. The summed E-state index contributed by atoms with van der Waals surface area (Å²) in [6.45, 7) is 17.7. The van der Waals surface area contributed by atoms with Crippen LogP contribution in [-0.2, 0) is 0 Å². The lowest BCUT2D eigenvalue weighted by molar-refractivity contribution is 0.232. The fraction of sp³-hybridized carbons (Fsp3) is 0.875. The van der Waals surface area contributed by atoms with Crippen molar-refractivity contribution in [2.75, 3.05) is 20.1 Å². The van der Waals surface area contributed by atoms with E-state index in [9.17, 15) is 0 Å². The molecule has 0 spiro atoms. The van der Waals surface area contributed by atoms with Gasteiger partial charge in [0.1, 0.15) is 0 Å². The SMILES string of the molecule is C=C(CCC(C)C)NCCC(C)CN(C)C(C)C. The molecule has 108 valence electrons. The molecular formula is C16H34N2. The molecule has 2 nitrogen and oxygen atoms in total. The van der Waals surface area contributed by atoms with E-state index in [-0.39, 0.29) is 0 Å². The van der Waals surface area contributed by atoms with Crippen molar-refractivity contribution in [1.29, 1.82) is 0 Å². The molecule has 0 aliphatic heterocycles. The normalized spacial score (nSPS) is 13.4. The highest BCUT2D eigenvalue weighted by atomic mass is 15.1. The van der Waals surface area contributed by atoms with Crippen LogP contribution >= 0.6 is 0 Å². The van der Waals surface area contributed by atoms with Crippen molar-refractivity contribution in [3.8, 4) is 0 Å². The minimum Gasteiger partial charge on any atom is -0.389 e. The van der Waals surface area contributed by atoms with E-state index in [0.29, 0.717) is 6.04 Å². The number of nitrogens with one attached hydrogen (secondary N) is 1. The van der Waals surface area contributed by atoms with Crippen molar-refractivity contribution in [3.05, 3.63) is 12.3 Å². The molecule has 1 N–H and O–H groups in total. The summed E-state index contributed by atoms with van der Waals surface area (Å²) in [4.78, 5) is 2.41. The molecule has 2 heteroatoms. The summed E-state index contributed by atoms with van der Waals surface area (Å²) < 4.78 is 0. The van der Waals surface area contributed by atoms with Crippen LogP contribution < -0.4 is 5.32 Å². The first kappa shape index (κ1) is 17.5. The molecule has 0 aromatic rings. The van der Waals surface area contributed by atoms with Crippen LogP contribution in [-0.4, -0.2) is 31.1 Å². The van der Waals surface area contributed by atoms with Gasteiger partial charge in [-0.05, 0) is 52.0 Å². The maximum Gasteiger partial charge on any atom is 0.0146 e. The molecule has 0 amide bonds. The standard InChI is InChI=1S/C16H34N2/c1-13(2)8-9-16(6)17-11-10-15(5)12-18(7)14(3)4/h13-15,17H,6,8-12H2,1-5,7H3. The zero-order valence-corrected chi connectivity index (χ0v) is 13.4. The Morgan fingerprint density at radius 2 is 1.72 bits per heavy atom. The second kappa shape index (κ2) is 9.43. The van der Waals surface area contributed by atoms with Crippen LogP contribution in [0, 0.1) is 11.8 Å². The third-order valence-corrected chi connectivity index (χ3v) is 3.52. The van der Waals surface area contributed by atoms with Gasteiger partial charge in [-0.1, -0.05) is 27.4 Å². The van der Waals surface area contributed by atoms with Crippen LogP contribution in [0.2, 0.25) is 0 Å². The molecular weight excluding hydrogens is 220 g/mol. The highest BCUT2D eigenvalue weighted by Crippen LogP contribution is 2.09. The summed E-state index contributed by atoms with van der Waals surface area (Å²) in [5.74, 6) is 1.50. The second-order valence-corrected chi connectivity index (χ2v) is 6.39. The maximum absolute atomic E-state index is 4.09. The molecule has 0 heterocycles. The first-order chi connectivity index (χ1) is 8.32. The van der Waals surface area contributed by atoms with Gasteiger partial charge in [0.25, 0.3) is 0 Å². The zero-order valence-electron chi connectivity index (χ0n) is 13.4. The van der Waals surface area contributed by atoms with Crippen LogP contribution in [0.1, 0.15) is 53.9 Å². The Bertz CT molecular complexity index is 221. The van der Waals surface area contributed by atoms with Gasteiger partial charge >= 0.3 is 0 Å². The van der Waals surface area contributed by atoms with Crippen LogP contribution in [0.5, 0.6) is 0 Å². The van der Waals surface area contributed by atoms with Gasteiger partial charge in [0.05, 0.1) is 0 Å². The van der Waals surface area contributed by atoms with Crippen LogP contribution in [0.3, 0.4) is 0 Å². The van der Waals surface area contributed by atoms with Crippen molar-refractivity contribution >= 4 is 0 Å². The van der Waals surface area contributed by atoms with Crippen molar-refractivity contribution in [3.63, 3.8) is 0 Å². The lowest BCUT2D eigenvalue weighted by atomic mass is 10.1. The molecule has 0 saturated heterocycles. The number of hydrogen-bond acceptors (Lipinski definition) is 2. The van der Waals surface area contributed by atoms with Gasteiger partial charge in [-0.2, -0.15) is 0 Å². The highest BCUT2D eigenvalue weighted by Gasteiger charge is 2.08. The third-order valence-electron chi connectivity index (χ3n) is 3.52. The first-order valence-corrected chi connectivity index (χ1v) is 7.44. The lowest BCUT2D eigenvalue weighted by Crippen LogP contribution is -2.31. The van der Waals surface area contributed by atoms with Gasteiger partial charge in [0.15, 0.2) is 0 Å². The van der Waals surface area contributed by atoms with Gasteiger partial charge in [0, 0.05) is 24.8 Å². The fourth-order valence-electron chi connectivity index (χ4n) is 1.84. The van der Waals surface area contributed by atoms with Crippen LogP contribution in [0.15, 0.2) is 12.3 Å². The Kier molecular flexibility index (Phi) is 9.17. The fourth-order valence-corrected chi connectivity index (χ4v) is 1.84. The molecule has 0 bridgehead atoms. The van der Waals surface area contributed by atoms with Crippen molar-refractivity contribution in [2.45, 2.75) is 59.9 Å². The van der Waals surface area contributed by atoms with Crippen LogP contribution in [0.25, 0.3) is 0 Å². The minimum atomic E-state index is 0.640. The average Bonchev–Trinajstić information content (AvgIpc) is 2.26. The number of allylic oxidation sites excluding steroid dienone is 1. The number of nitrogens with zero attached hydrogens (tertiary/aromatic N) is 1. The summed E-state index contributed by atoms with van der Waals surface area (Å²) in [7, 11) is 2.20. The van der Waals surface area contributed by atoms with E-state index in [1.54, 1.807) is 0 Å². The molecule has 0 fully saturated rings. The highest BCUT2D eigenvalue weighted by molar-refractivity contribution is 4.90. The summed E-state index contributed by atoms with van der Waals surface area (Å²) in [6.07, 6.45) is 3.56. The Labute approximate surface area is 115 Å². The van der Waals surface area contributed by atoms with Crippen molar-refractivity contribution in [2.24, 2.45) is 11.8 Å². The van der Waals surface area contributed by atoms with E-state index < -0.39 is 0 Å². The minimum absolute atomic E-state index is 0.640. The van der Waals surface area contributed by atoms with Crippen LogP contribution in [0.4, 0.5) is 0 Å². The van der Waals surface area contributed by atoms with E-state index in [1.807, 2.05) is 0 Å². The molecule has 0 aromatic carbocycles. The molecule has 0 saturated carbocycles. The van der Waals surface area contributed by atoms with E-state index in [0.717, 1.165) is 24.8 Å². The zero-order chi connectivity index (χ0) is 14.1. The largest absolute Gasteiger partial charge is 0.389 e. The molecule has 0 aliphatic carbocycles. The summed E-state index contributed by atoms with van der Waals surface area (Å²) >= 11 is 0. The van der Waals surface area contributed by atoms with Gasteiger partial charge in [0.2, 0.25) is 0 Å². The molecule has 0 rings (SSSR count). The second-order valence-electron chi connectivity index (χ2n) is 6.39. The maximum atomic E-state index is 4.09. The van der Waals surface area contributed by atoms with Gasteiger partial charge in [-0.15, -0.1) is 0 Å². The molecule has 0 aliphatic rings. The topological polar surface area (TPSA) is 15.3 Å². The summed E-state index contributed by atoms with van der Waals surface area (Å²) in [5, 5.41) is 3.46. The average molecular weight is 254 g/mol. The van der Waals surface area contributed by atoms with E-state index in [2.05, 4.69) is 58.5 Å². The van der Waals surface area contributed by atoms with Gasteiger partial charge in [-0.3, -0.25) is 0 Å². The van der Waals surface area contributed by atoms with E-state index >= 15 is 0 Å². The smallest absolute Gasteiger partial charge is 0.0146 e. The Morgan fingerprint density at radius 3 is 2.22 bits per heavy atom. The third kappa shape index (κ3) is 9.52. The molecule has 1 unspecified atom stereocenters. The number of rotatable bonds is 10. The van der Waals surface area contributed by atoms with Crippen molar-refractivity contribution in [1.82, 2.24) is 10.2 Å². The predicted octanol–water partition coefficient (Wildman–Crippen LogP) is 3.89. The van der Waals surface area contributed by atoms with E-state index in [1.165, 1.54) is 25.1 Å². The lowest BCUT2D eigenvalue weighted by Gasteiger charge is -2.25. The molecule has 0 aromatic heterocycles. The van der Waals surface area contributed by atoms with Gasteiger partial charge < -0.3 is 10.2 Å². The van der Waals surface area contributed by atoms with E-state index in [4.69, 9.17) is 0 Å². The number of hydrogen-bond donors (Lipinski definition) is 1. The molecule has 0 radical (unpaired) electrons. The summed E-state index contributed by atoms with van der Waals surface area (Å²) in [6, 6.07) is 0.640. The Balaban J connectivity index is 3.61. The quantitative estimate of drug-likeness (QED) is 0.636.